The molecule has 1 heterocycles. The van der Waals surface area contributed by atoms with Crippen molar-refractivity contribution in [3.63, 3.8) is 0 Å². The van der Waals surface area contributed by atoms with Crippen molar-refractivity contribution in [3.8, 4) is 0 Å². The molecule has 7 heteroatoms. The molecule has 3 aromatic rings. The molecule has 0 saturated heterocycles. The number of hydrogen-bond acceptors (Lipinski definition) is 1. The van der Waals surface area contributed by atoms with E-state index in [4.69, 9.17) is 11.6 Å². The maximum Gasteiger partial charge on any atom is 0.418 e. The van der Waals surface area contributed by atoms with Crippen LogP contribution in [0.3, 0.4) is 0 Å². The van der Waals surface area contributed by atoms with Crippen LogP contribution >= 0.6 is 11.6 Å². The molecular weight excluding hydrogens is 349 g/mol. The van der Waals surface area contributed by atoms with Crippen LogP contribution < -0.4 is 5.46 Å². The highest BCUT2D eigenvalue weighted by atomic mass is 35.5. The quantitative estimate of drug-likeness (QED) is 0.683. The Kier molecular flexibility index (Phi) is 4.84. The number of aromatic amines is 1. The van der Waals surface area contributed by atoms with Crippen LogP contribution in [-0.4, -0.2) is 24.1 Å². The predicted molar refractivity (Wildman–Crippen MR) is 96.4 cm³/mol. The molecule has 0 amide bonds. The first kappa shape index (κ1) is 17.9. The van der Waals surface area contributed by atoms with Crippen molar-refractivity contribution in [2.75, 3.05) is 0 Å². The minimum atomic E-state index is -4.71. The summed E-state index contributed by atoms with van der Waals surface area (Å²) in [6.07, 6.45) is -6.32. The number of aryl methyl sites for hydroxylation is 2. The van der Waals surface area contributed by atoms with E-state index in [0.717, 1.165) is 11.0 Å². The third kappa shape index (κ3) is 3.85. The maximum atomic E-state index is 13.1. The van der Waals surface area contributed by atoms with Gasteiger partial charge >= 0.3 is 6.18 Å². The van der Waals surface area contributed by atoms with Crippen molar-refractivity contribution < 1.29 is 18.3 Å². The Balaban J connectivity index is 1.99. The normalized spacial score (nSPS) is 13.3. The number of benzene rings is 2. The number of aromatic nitrogens is 1. The molecule has 0 aliphatic rings. The highest BCUT2D eigenvalue weighted by Gasteiger charge is 2.41. The number of alkyl halides is 3. The van der Waals surface area contributed by atoms with Crippen molar-refractivity contribution in [2.24, 2.45) is 0 Å². The van der Waals surface area contributed by atoms with Crippen LogP contribution in [0.1, 0.15) is 22.9 Å². The molecule has 2 nitrogen and oxygen atoms in total. The number of H-pyrrole nitrogens is 1. The van der Waals surface area contributed by atoms with E-state index in [1.54, 1.807) is 30.3 Å². The van der Waals surface area contributed by atoms with E-state index < -0.39 is 12.3 Å². The van der Waals surface area contributed by atoms with Gasteiger partial charge in [-0.3, -0.25) is 0 Å². The van der Waals surface area contributed by atoms with E-state index in [1.165, 1.54) is 0 Å². The fourth-order valence-corrected chi connectivity index (χ4v) is 3.11. The van der Waals surface area contributed by atoms with Gasteiger partial charge < -0.3 is 10.1 Å². The summed E-state index contributed by atoms with van der Waals surface area (Å²) in [5.41, 5.74) is 2.82. The van der Waals surface area contributed by atoms with Gasteiger partial charge in [0.1, 0.15) is 7.85 Å². The second-order valence-electron chi connectivity index (χ2n) is 6.14. The number of fused-ring (bicyclic) bond motifs is 1. The first-order chi connectivity index (χ1) is 11.8. The molecule has 3 rings (SSSR count). The first-order valence-electron chi connectivity index (χ1n) is 7.86. The molecule has 1 unspecified atom stereocenters. The van der Waals surface area contributed by atoms with E-state index >= 15 is 0 Å². The number of nitrogens with one attached hydrogen (secondary N) is 1. The first-order valence-corrected chi connectivity index (χ1v) is 8.24. The minimum absolute atomic E-state index is 0.0866. The fourth-order valence-electron chi connectivity index (χ4n) is 2.98. The Bertz CT molecular complexity index is 890. The lowest BCUT2D eigenvalue weighted by molar-refractivity contribution is -0.206. The van der Waals surface area contributed by atoms with E-state index in [2.05, 4.69) is 4.98 Å². The summed E-state index contributed by atoms with van der Waals surface area (Å²) in [5, 5.41) is 10.9. The molecule has 0 aliphatic carbocycles. The average Bonchev–Trinajstić information content (AvgIpc) is 2.89. The summed E-state index contributed by atoms with van der Waals surface area (Å²) < 4.78 is 39.4. The third-order valence-electron chi connectivity index (χ3n) is 4.24. The second kappa shape index (κ2) is 6.77. The second-order valence-corrected chi connectivity index (χ2v) is 6.57. The maximum absolute atomic E-state index is 13.1. The van der Waals surface area contributed by atoms with Gasteiger partial charge in [0.15, 0.2) is 6.10 Å². The van der Waals surface area contributed by atoms with Gasteiger partial charge in [0.05, 0.1) is 0 Å². The van der Waals surface area contributed by atoms with Crippen molar-refractivity contribution in [1.29, 1.82) is 0 Å². The largest absolute Gasteiger partial charge is 0.418 e. The molecule has 1 aromatic heterocycles. The monoisotopic (exact) mass is 365 g/mol. The Morgan fingerprint density at radius 3 is 2.40 bits per heavy atom. The summed E-state index contributed by atoms with van der Waals surface area (Å²) in [6.45, 7) is 0. The van der Waals surface area contributed by atoms with Crippen LogP contribution in [0.4, 0.5) is 13.2 Å². The molecule has 130 valence electrons. The van der Waals surface area contributed by atoms with Crippen LogP contribution in [-0.2, 0) is 12.8 Å². The topological polar surface area (TPSA) is 36.0 Å². The van der Waals surface area contributed by atoms with E-state index in [0.29, 0.717) is 34.5 Å². The predicted octanol–water partition coefficient (Wildman–Crippen LogP) is 3.46. The third-order valence-corrected chi connectivity index (χ3v) is 4.49. The molecule has 2 N–H and O–H groups in total. The summed E-state index contributed by atoms with van der Waals surface area (Å²) in [6, 6.07) is 12.3. The molecule has 0 radical (unpaired) electrons. The van der Waals surface area contributed by atoms with Crippen molar-refractivity contribution in [1.82, 2.24) is 4.98 Å². The molecule has 25 heavy (non-hydrogen) atoms. The Morgan fingerprint density at radius 1 is 1.08 bits per heavy atom. The van der Waals surface area contributed by atoms with Gasteiger partial charge in [-0.25, -0.2) is 0 Å². The summed E-state index contributed by atoms with van der Waals surface area (Å²) in [4.78, 5) is 3.05. The van der Waals surface area contributed by atoms with Gasteiger partial charge in [0.2, 0.25) is 0 Å². The van der Waals surface area contributed by atoms with Gasteiger partial charge in [-0.05, 0) is 36.6 Å². The fraction of sp³-hybridized carbons (Fsp3) is 0.222. The lowest BCUT2D eigenvalue weighted by atomic mass is 9.94. The van der Waals surface area contributed by atoms with Crippen LogP contribution in [0.5, 0.6) is 0 Å². The zero-order valence-electron chi connectivity index (χ0n) is 13.5. The van der Waals surface area contributed by atoms with Crippen molar-refractivity contribution in [3.05, 3.63) is 64.3 Å². The summed E-state index contributed by atoms with van der Waals surface area (Å²) >= 11 is 5.85. The Hall–Kier alpha value is -1.92. The van der Waals surface area contributed by atoms with Crippen LogP contribution in [0.2, 0.25) is 5.02 Å². The number of aliphatic hydroxyl groups is 1. The lowest BCUT2D eigenvalue weighted by Crippen LogP contribution is -2.21. The van der Waals surface area contributed by atoms with Crippen molar-refractivity contribution >= 4 is 35.8 Å². The zero-order chi connectivity index (χ0) is 18.2. The zero-order valence-corrected chi connectivity index (χ0v) is 14.2. The molecule has 0 fully saturated rings. The lowest BCUT2D eigenvalue weighted by Gasteiger charge is -2.16. The Morgan fingerprint density at radius 2 is 1.76 bits per heavy atom. The van der Waals surface area contributed by atoms with Crippen LogP contribution in [0.25, 0.3) is 10.9 Å². The minimum Gasteiger partial charge on any atom is -0.379 e. The molecule has 0 spiro atoms. The van der Waals surface area contributed by atoms with Gasteiger partial charge in [-0.2, -0.15) is 13.2 Å². The van der Waals surface area contributed by atoms with Gasteiger partial charge in [-0.15, -0.1) is 0 Å². The Labute approximate surface area is 149 Å². The number of aliphatic hydroxyl groups excluding tert-OH is 1. The molecule has 2 aromatic carbocycles. The van der Waals surface area contributed by atoms with E-state index in [1.807, 2.05) is 20.0 Å². The molecule has 0 bridgehead atoms. The number of rotatable bonds is 4. The molecule has 0 aliphatic heterocycles. The van der Waals surface area contributed by atoms with Crippen molar-refractivity contribution in [2.45, 2.75) is 25.1 Å². The van der Waals surface area contributed by atoms with Gasteiger partial charge in [-0.1, -0.05) is 41.3 Å². The molecule has 1 atom stereocenters. The van der Waals surface area contributed by atoms with E-state index in [-0.39, 0.29) is 5.56 Å². The summed E-state index contributed by atoms with van der Waals surface area (Å²) in [7, 11) is 1.87. The number of halogens is 4. The van der Waals surface area contributed by atoms with Crippen LogP contribution in [0, 0.1) is 0 Å². The molecule has 0 saturated carbocycles. The standard InChI is InChI=1S/C18H16BClF3NO/c19-11-4-7-13-15(9-11)24-14(16(13)17(25)18(21,22)23)8-3-10-1-5-12(20)6-2-10/h1-2,4-7,9,17,24-25H,3,8,19H2. The van der Waals surface area contributed by atoms with Crippen LogP contribution in [0.15, 0.2) is 42.5 Å². The number of hydrogen-bond donors (Lipinski definition) is 2. The highest BCUT2D eigenvalue weighted by molar-refractivity contribution is 6.33. The highest BCUT2D eigenvalue weighted by Crippen LogP contribution is 2.38. The SMILES string of the molecule is Bc1ccc2c(C(O)C(F)(F)F)c(CCc3ccc(Cl)cc3)[nH]c2c1. The molecular formula is C18H16BClF3NO. The smallest absolute Gasteiger partial charge is 0.379 e. The van der Waals surface area contributed by atoms with Gasteiger partial charge in [0, 0.05) is 27.2 Å². The average molecular weight is 366 g/mol. The van der Waals surface area contributed by atoms with Gasteiger partial charge in [0.25, 0.3) is 0 Å². The summed E-state index contributed by atoms with van der Waals surface area (Å²) in [5.74, 6) is 0. The van der Waals surface area contributed by atoms with E-state index in [9.17, 15) is 18.3 Å².